The molecule has 0 fully saturated rings. The van der Waals surface area contributed by atoms with Crippen LogP contribution in [0.1, 0.15) is 11.1 Å². The van der Waals surface area contributed by atoms with Gasteiger partial charge in [0.1, 0.15) is 6.61 Å². The maximum atomic E-state index is 12.5. The Balaban J connectivity index is 1.81. The maximum absolute atomic E-state index is 12.5. The fraction of sp³-hybridized carbons (Fsp3) is 0.182. The first-order valence-electron chi connectivity index (χ1n) is 8.56. The Hall–Kier alpha value is -2.98. The highest BCUT2D eigenvalue weighted by Gasteiger charge is 2.15. The lowest BCUT2D eigenvalue weighted by molar-refractivity contribution is -0.136. The molecule has 4 heteroatoms. The molecular formula is C22H22N2O2. The summed E-state index contributed by atoms with van der Waals surface area (Å²) in [5.41, 5.74) is 4.39. The van der Waals surface area contributed by atoms with Crippen molar-refractivity contribution in [2.24, 2.45) is 0 Å². The molecule has 1 amide bonds. The quantitative estimate of drug-likeness (QED) is 0.651. The van der Waals surface area contributed by atoms with Crippen molar-refractivity contribution in [3.63, 3.8) is 0 Å². The molecule has 1 aromatic heterocycles. The van der Waals surface area contributed by atoms with E-state index in [0.717, 1.165) is 22.3 Å². The van der Waals surface area contributed by atoms with Gasteiger partial charge < -0.3 is 9.64 Å². The van der Waals surface area contributed by atoms with Crippen LogP contribution in [0.2, 0.25) is 0 Å². The average molecular weight is 346 g/mol. The second kappa shape index (κ2) is 8.92. The van der Waals surface area contributed by atoms with Crippen LogP contribution >= 0.6 is 0 Å². The standard InChI is InChI=1S/C22H22N2O2/c1-26-17-22(25)24(16-19-8-6-12-23-14-19)15-18-7-5-11-21(13-18)20-9-3-2-4-10-20/h2-14H,15-17H2,1H3. The van der Waals surface area contributed by atoms with E-state index in [-0.39, 0.29) is 12.5 Å². The molecule has 0 saturated heterocycles. The number of hydrogen-bond donors (Lipinski definition) is 0. The van der Waals surface area contributed by atoms with Crippen molar-refractivity contribution in [2.75, 3.05) is 13.7 Å². The largest absolute Gasteiger partial charge is 0.375 e. The molecule has 0 unspecified atom stereocenters. The summed E-state index contributed by atoms with van der Waals surface area (Å²) in [7, 11) is 1.54. The van der Waals surface area contributed by atoms with Gasteiger partial charge in [0.25, 0.3) is 0 Å². The summed E-state index contributed by atoms with van der Waals surface area (Å²) in [6.45, 7) is 1.10. The van der Waals surface area contributed by atoms with E-state index in [2.05, 4.69) is 29.2 Å². The number of carbonyl (C=O) groups is 1. The van der Waals surface area contributed by atoms with Crippen molar-refractivity contribution in [1.29, 1.82) is 0 Å². The molecule has 0 aliphatic rings. The summed E-state index contributed by atoms with van der Waals surface area (Å²) in [6, 6.07) is 22.4. The molecule has 0 N–H and O–H groups in total. The fourth-order valence-corrected chi connectivity index (χ4v) is 2.86. The van der Waals surface area contributed by atoms with E-state index in [1.807, 2.05) is 42.5 Å². The van der Waals surface area contributed by atoms with Gasteiger partial charge in [0, 0.05) is 32.6 Å². The highest BCUT2D eigenvalue weighted by atomic mass is 16.5. The molecule has 0 bridgehead atoms. The predicted octanol–water partition coefficient (Wildman–Crippen LogP) is 3.92. The van der Waals surface area contributed by atoms with Gasteiger partial charge in [-0.25, -0.2) is 0 Å². The minimum Gasteiger partial charge on any atom is -0.375 e. The Labute approximate surface area is 154 Å². The Morgan fingerprint density at radius 2 is 1.65 bits per heavy atom. The monoisotopic (exact) mass is 346 g/mol. The van der Waals surface area contributed by atoms with E-state index in [9.17, 15) is 4.79 Å². The number of rotatable bonds is 7. The highest BCUT2D eigenvalue weighted by molar-refractivity contribution is 5.77. The molecule has 2 aromatic carbocycles. The van der Waals surface area contributed by atoms with Crippen LogP contribution in [0.3, 0.4) is 0 Å². The minimum atomic E-state index is -0.0403. The summed E-state index contributed by atoms with van der Waals surface area (Å²) in [5.74, 6) is -0.0403. The van der Waals surface area contributed by atoms with Gasteiger partial charge in [-0.3, -0.25) is 9.78 Å². The SMILES string of the molecule is COCC(=O)N(Cc1cccnc1)Cc1cccc(-c2ccccc2)c1. The van der Waals surface area contributed by atoms with Crippen LogP contribution < -0.4 is 0 Å². The predicted molar refractivity (Wildman–Crippen MR) is 102 cm³/mol. The molecule has 0 spiro atoms. The molecule has 0 aliphatic carbocycles. The van der Waals surface area contributed by atoms with E-state index < -0.39 is 0 Å². The topological polar surface area (TPSA) is 42.4 Å². The van der Waals surface area contributed by atoms with Gasteiger partial charge in [-0.1, -0.05) is 54.6 Å². The number of pyridine rings is 1. The van der Waals surface area contributed by atoms with E-state index >= 15 is 0 Å². The van der Waals surface area contributed by atoms with Crippen LogP contribution in [-0.4, -0.2) is 29.5 Å². The lowest BCUT2D eigenvalue weighted by Gasteiger charge is -2.23. The van der Waals surface area contributed by atoms with Gasteiger partial charge in [0.15, 0.2) is 0 Å². The molecule has 1 heterocycles. The van der Waals surface area contributed by atoms with Gasteiger partial charge >= 0.3 is 0 Å². The first kappa shape index (κ1) is 17.8. The maximum Gasteiger partial charge on any atom is 0.249 e. The smallest absolute Gasteiger partial charge is 0.249 e. The second-order valence-corrected chi connectivity index (χ2v) is 6.11. The molecule has 3 aromatic rings. The van der Waals surface area contributed by atoms with Crippen LogP contribution in [0.5, 0.6) is 0 Å². The van der Waals surface area contributed by atoms with Crippen molar-refractivity contribution >= 4 is 5.91 Å². The van der Waals surface area contributed by atoms with Crippen molar-refractivity contribution in [1.82, 2.24) is 9.88 Å². The van der Waals surface area contributed by atoms with Gasteiger partial charge in [-0.2, -0.15) is 0 Å². The Morgan fingerprint density at radius 3 is 2.38 bits per heavy atom. The van der Waals surface area contributed by atoms with Gasteiger partial charge in [-0.05, 0) is 34.4 Å². The number of carbonyl (C=O) groups excluding carboxylic acids is 1. The number of benzene rings is 2. The molecule has 0 atom stereocenters. The number of hydrogen-bond acceptors (Lipinski definition) is 3. The normalized spacial score (nSPS) is 10.5. The summed E-state index contributed by atoms with van der Waals surface area (Å²) in [4.78, 5) is 18.4. The molecule has 26 heavy (non-hydrogen) atoms. The third-order valence-corrected chi connectivity index (χ3v) is 4.12. The third kappa shape index (κ3) is 4.77. The van der Waals surface area contributed by atoms with E-state index in [4.69, 9.17) is 4.74 Å². The molecule has 3 rings (SSSR count). The molecule has 0 saturated carbocycles. The zero-order chi connectivity index (χ0) is 18.2. The first-order chi connectivity index (χ1) is 12.8. The third-order valence-electron chi connectivity index (χ3n) is 4.12. The van der Waals surface area contributed by atoms with Crippen LogP contribution in [0.25, 0.3) is 11.1 Å². The van der Waals surface area contributed by atoms with Crippen LogP contribution in [0.4, 0.5) is 0 Å². The van der Waals surface area contributed by atoms with E-state index in [1.54, 1.807) is 17.3 Å². The molecule has 0 radical (unpaired) electrons. The zero-order valence-electron chi connectivity index (χ0n) is 14.8. The number of ether oxygens (including phenoxy) is 1. The van der Waals surface area contributed by atoms with Crippen LogP contribution in [0, 0.1) is 0 Å². The Bertz CT molecular complexity index is 835. The van der Waals surface area contributed by atoms with Gasteiger partial charge in [-0.15, -0.1) is 0 Å². The van der Waals surface area contributed by atoms with E-state index in [1.165, 1.54) is 7.11 Å². The van der Waals surface area contributed by atoms with Crippen LogP contribution in [0.15, 0.2) is 79.1 Å². The number of aromatic nitrogens is 1. The number of amides is 1. The van der Waals surface area contributed by atoms with Crippen molar-refractivity contribution < 1.29 is 9.53 Å². The van der Waals surface area contributed by atoms with Crippen molar-refractivity contribution in [3.05, 3.63) is 90.3 Å². The first-order valence-corrected chi connectivity index (χ1v) is 8.56. The van der Waals surface area contributed by atoms with E-state index in [0.29, 0.717) is 13.1 Å². The number of methoxy groups -OCH3 is 1. The molecule has 132 valence electrons. The Morgan fingerprint density at radius 1 is 0.923 bits per heavy atom. The van der Waals surface area contributed by atoms with Gasteiger partial charge in [0.2, 0.25) is 5.91 Å². The molecule has 0 aliphatic heterocycles. The Kier molecular flexibility index (Phi) is 6.12. The zero-order valence-corrected chi connectivity index (χ0v) is 14.8. The molecular weight excluding hydrogens is 324 g/mol. The average Bonchev–Trinajstić information content (AvgIpc) is 2.69. The fourth-order valence-electron chi connectivity index (χ4n) is 2.86. The summed E-state index contributed by atoms with van der Waals surface area (Å²) in [5, 5.41) is 0. The lowest BCUT2D eigenvalue weighted by Crippen LogP contribution is -2.32. The lowest BCUT2D eigenvalue weighted by atomic mass is 10.0. The summed E-state index contributed by atoms with van der Waals surface area (Å²) >= 11 is 0. The highest BCUT2D eigenvalue weighted by Crippen LogP contribution is 2.21. The van der Waals surface area contributed by atoms with Crippen molar-refractivity contribution in [2.45, 2.75) is 13.1 Å². The summed E-state index contributed by atoms with van der Waals surface area (Å²) in [6.07, 6.45) is 3.52. The van der Waals surface area contributed by atoms with Crippen molar-refractivity contribution in [3.8, 4) is 11.1 Å². The number of nitrogens with zero attached hydrogens (tertiary/aromatic N) is 2. The summed E-state index contributed by atoms with van der Waals surface area (Å²) < 4.78 is 5.05. The van der Waals surface area contributed by atoms with Crippen LogP contribution in [-0.2, 0) is 22.6 Å². The van der Waals surface area contributed by atoms with Gasteiger partial charge in [0.05, 0.1) is 0 Å². The molecule has 4 nitrogen and oxygen atoms in total. The second-order valence-electron chi connectivity index (χ2n) is 6.11. The minimum absolute atomic E-state index is 0.0403.